The molecule has 0 saturated heterocycles. The highest BCUT2D eigenvalue weighted by Gasteiger charge is 2.15. The molecule has 0 aliphatic carbocycles. The number of benzene rings is 1. The summed E-state index contributed by atoms with van der Waals surface area (Å²) in [6, 6.07) is 7.71. The Morgan fingerprint density at radius 1 is 1.23 bits per heavy atom. The number of thiophene rings is 1. The maximum Gasteiger partial charge on any atom is 0.239 e. The average molecular weight is 407 g/mol. The van der Waals surface area contributed by atoms with Gasteiger partial charge in [-0.15, -0.1) is 23.1 Å². The van der Waals surface area contributed by atoms with Crippen molar-refractivity contribution in [2.45, 2.75) is 24.5 Å². The molecule has 0 radical (unpaired) electrons. The molecule has 8 heteroatoms. The van der Waals surface area contributed by atoms with Gasteiger partial charge in [0.05, 0.1) is 17.7 Å². The molecular weight excluding hydrogens is 388 g/mol. The number of carbonyl (C=O) groups excluding carboxylic acids is 1. The lowest BCUT2D eigenvalue weighted by Gasteiger charge is -2.09. The number of rotatable bonds is 6. The van der Waals surface area contributed by atoms with Gasteiger partial charge in [-0.2, -0.15) is 0 Å². The van der Waals surface area contributed by atoms with E-state index in [-0.39, 0.29) is 12.5 Å². The summed E-state index contributed by atoms with van der Waals surface area (Å²) in [6.07, 6.45) is 0. The molecule has 0 aliphatic heterocycles. The van der Waals surface area contributed by atoms with Crippen molar-refractivity contribution >= 4 is 56.6 Å². The molecule has 26 heavy (non-hydrogen) atoms. The lowest BCUT2D eigenvalue weighted by Crippen LogP contribution is -2.26. The van der Waals surface area contributed by atoms with Crippen LogP contribution in [0.1, 0.15) is 16.3 Å². The van der Waals surface area contributed by atoms with Gasteiger partial charge in [-0.25, -0.2) is 9.97 Å². The van der Waals surface area contributed by atoms with Crippen LogP contribution in [0.2, 0.25) is 5.02 Å². The van der Waals surface area contributed by atoms with E-state index in [4.69, 9.17) is 16.6 Å². The molecule has 2 heterocycles. The van der Waals surface area contributed by atoms with Crippen LogP contribution in [-0.4, -0.2) is 29.5 Å². The molecule has 3 aromatic rings. The summed E-state index contributed by atoms with van der Waals surface area (Å²) in [7, 11) is 1.62. The van der Waals surface area contributed by atoms with E-state index < -0.39 is 0 Å². The van der Waals surface area contributed by atoms with E-state index in [1.165, 1.54) is 4.88 Å². The Morgan fingerprint density at radius 2 is 1.96 bits per heavy atom. The monoisotopic (exact) mass is 406 g/mol. The van der Waals surface area contributed by atoms with Crippen molar-refractivity contribution in [1.29, 1.82) is 0 Å². The van der Waals surface area contributed by atoms with Gasteiger partial charge >= 0.3 is 0 Å². The molecule has 0 unspecified atom stereocenters. The van der Waals surface area contributed by atoms with Crippen LogP contribution in [0.3, 0.4) is 0 Å². The van der Waals surface area contributed by atoms with Gasteiger partial charge in [-0.1, -0.05) is 11.6 Å². The number of nitrogens with zero attached hydrogens (tertiary/aromatic N) is 2. The summed E-state index contributed by atoms with van der Waals surface area (Å²) >= 11 is 9.24. The minimum Gasteiger partial charge on any atom is -0.360 e. The van der Waals surface area contributed by atoms with Crippen molar-refractivity contribution in [3.8, 4) is 0 Å². The quantitative estimate of drug-likeness (QED) is 0.593. The predicted octanol–water partition coefficient (Wildman–Crippen LogP) is 4.41. The standard InChI is InChI=1S/C18H19ClN4OS2/c1-10-11(2)26-18-16(10)17(21-8-15(24)20-3)22-14(23-18)9-25-13-6-4-12(19)5-7-13/h4-7H,8-9H2,1-3H3,(H,20,24)(H,21,22,23). The molecule has 3 rings (SSSR count). The second kappa shape index (κ2) is 8.24. The van der Waals surface area contributed by atoms with Gasteiger partial charge in [0.25, 0.3) is 0 Å². The van der Waals surface area contributed by atoms with Gasteiger partial charge in [-0.05, 0) is 43.7 Å². The van der Waals surface area contributed by atoms with Crippen LogP contribution >= 0.6 is 34.7 Å². The second-order valence-electron chi connectivity index (χ2n) is 5.72. The Balaban J connectivity index is 1.87. The molecular formula is C18H19ClN4OS2. The van der Waals surface area contributed by atoms with E-state index in [0.717, 1.165) is 31.5 Å². The van der Waals surface area contributed by atoms with Crippen LogP contribution in [0.15, 0.2) is 29.2 Å². The number of hydrogen-bond donors (Lipinski definition) is 2. The van der Waals surface area contributed by atoms with Crippen molar-refractivity contribution in [3.63, 3.8) is 0 Å². The van der Waals surface area contributed by atoms with Crippen LogP contribution in [0.5, 0.6) is 0 Å². The minimum atomic E-state index is -0.0848. The third-order valence-corrected chi connectivity index (χ3v) is 6.31. The molecule has 0 aliphatic rings. The summed E-state index contributed by atoms with van der Waals surface area (Å²) in [6.45, 7) is 4.32. The Labute approximate surface area is 165 Å². The van der Waals surface area contributed by atoms with Gasteiger partial charge in [0.15, 0.2) is 0 Å². The first-order valence-corrected chi connectivity index (χ1v) is 10.3. The Hall–Kier alpha value is -1.83. The molecule has 0 bridgehead atoms. The Bertz CT molecular complexity index is 941. The highest BCUT2D eigenvalue weighted by molar-refractivity contribution is 7.98. The van der Waals surface area contributed by atoms with E-state index in [2.05, 4.69) is 29.5 Å². The number of halogens is 1. The van der Waals surface area contributed by atoms with Gasteiger partial charge in [0.1, 0.15) is 16.5 Å². The van der Waals surface area contributed by atoms with Crippen molar-refractivity contribution in [1.82, 2.24) is 15.3 Å². The first-order valence-electron chi connectivity index (χ1n) is 8.07. The fourth-order valence-corrected chi connectivity index (χ4v) is 4.34. The molecule has 1 aromatic carbocycles. The topological polar surface area (TPSA) is 66.9 Å². The Morgan fingerprint density at radius 3 is 2.65 bits per heavy atom. The normalized spacial score (nSPS) is 10.9. The van der Waals surface area contributed by atoms with Gasteiger partial charge in [0.2, 0.25) is 5.91 Å². The Kier molecular flexibility index (Phi) is 6.01. The minimum absolute atomic E-state index is 0.0848. The number of thioether (sulfide) groups is 1. The first kappa shape index (κ1) is 18.9. The molecule has 136 valence electrons. The van der Waals surface area contributed by atoms with Crippen molar-refractivity contribution < 1.29 is 4.79 Å². The molecule has 2 aromatic heterocycles. The second-order valence-corrected chi connectivity index (χ2v) is 8.41. The van der Waals surface area contributed by atoms with E-state index in [1.807, 2.05) is 24.3 Å². The van der Waals surface area contributed by atoms with Gasteiger partial charge in [0, 0.05) is 21.8 Å². The number of hydrogen-bond acceptors (Lipinski definition) is 6. The summed E-state index contributed by atoms with van der Waals surface area (Å²) in [5, 5.41) is 7.48. The van der Waals surface area contributed by atoms with Gasteiger partial charge < -0.3 is 10.6 Å². The number of carbonyl (C=O) groups is 1. The van der Waals surface area contributed by atoms with Crippen LogP contribution < -0.4 is 10.6 Å². The smallest absolute Gasteiger partial charge is 0.239 e. The number of likely N-dealkylation sites (N-methyl/N-ethyl adjacent to an activating group) is 1. The highest BCUT2D eigenvalue weighted by Crippen LogP contribution is 2.34. The zero-order valence-electron chi connectivity index (χ0n) is 14.7. The van der Waals surface area contributed by atoms with Crippen LogP contribution in [0.4, 0.5) is 5.82 Å². The zero-order valence-corrected chi connectivity index (χ0v) is 17.1. The van der Waals surface area contributed by atoms with E-state index in [0.29, 0.717) is 11.6 Å². The third kappa shape index (κ3) is 4.28. The van der Waals surface area contributed by atoms with E-state index in [1.54, 1.807) is 30.1 Å². The van der Waals surface area contributed by atoms with Crippen LogP contribution in [-0.2, 0) is 10.5 Å². The summed E-state index contributed by atoms with van der Waals surface area (Å²) in [4.78, 5) is 24.3. The number of aromatic nitrogens is 2. The number of nitrogens with one attached hydrogen (secondary N) is 2. The highest BCUT2D eigenvalue weighted by atomic mass is 35.5. The summed E-state index contributed by atoms with van der Waals surface area (Å²) in [5.41, 5.74) is 1.15. The third-order valence-electron chi connectivity index (χ3n) is 3.95. The van der Waals surface area contributed by atoms with Crippen molar-refractivity contribution in [2.75, 3.05) is 18.9 Å². The fraction of sp³-hybridized carbons (Fsp3) is 0.278. The van der Waals surface area contributed by atoms with Gasteiger partial charge in [-0.3, -0.25) is 4.79 Å². The number of amides is 1. The SMILES string of the molecule is CNC(=O)CNc1nc(CSc2ccc(Cl)cc2)nc2sc(C)c(C)c12. The molecule has 0 atom stereocenters. The molecule has 0 spiro atoms. The first-order chi connectivity index (χ1) is 12.5. The fourth-order valence-electron chi connectivity index (χ4n) is 2.42. The maximum atomic E-state index is 11.6. The molecule has 5 nitrogen and oxygen atoms in total. The molecule has 0 fully saturated rings. The lowest BCUT2D eigenvalue weighted by atomic mass is 10.2. The summed E-state index contributed by atoms with van der Waals surface area (Å²) in [5.74, 6) is 2.01. The summed E-state index contributed by atoms with van der Waals surface area (Å²) < 4.78 is 0. The average Bonchev–Trinajstić information content (AvgIpc) is 2.93. The van der Waals surface area contributed by atoms with Crippen molar-refractivity contribution in [3.05, 3.63) is 45.6 Å². The number of anilines is 1. The molecule has 2 N–H and O–H groups in total. The van der Waals surface area contributed by atoms with E-state index in [9.17, 15) is 4.79 Å². The lowest BCUT2D eigenvalue weighted by molar-refractivity contribution is -0.118. The molecule has 0 saturated carbocycles. The van der Waals surface area contributed by atoms with Crippen LogP contribution in [0, 0.1) is 13.8 Å². The number of fused-ring (bicyclic) bond motifs is 1. The predicted molar refractivity (Wildman–Crippen MR) is 110 cm³/mol. The zero-order chi connectivity index (χ0) is 18.7. The number of aryl methyl sites for hydroxylation is 2. The largest absolute Gasteiger partial charge is 0.360 e. The maximum absolute atomic E-state index is 11.6. The van der Waals surface area contributed by atoms with E-state index >= 15 is 0 Å². The van der Waals surface area contributed by atoms with Crippen molar-refractivity contribution in [2.24, 2.45) is 0 Å². The molecule has 1 amide bonds. The van der Waals surface area contributed by atoms with Crippen LogP contribution in [0.25, 0.3) is 10.2 Å².